The van der Waals surface area contributed by atoms with Crippen LogP contribution in [-0.2, 0) is 0 Å². The smallest absolute Gasteiger partial charge is 0.0436 e. The molecule has 1 aromatic rings. The molecule has 0 bridgehead atoms. The zero-order valence-electron chi connectivity index (χ0n) is 9.54. The third-order valence-electron chi connectivity index (χ3n) is 2.80. The third-order valence-corrected chi connectivity index (χ3v) is 4.82. The Hall–Kier alpha value is -0.226. The molecule has 0 saturated heterocycles. The molecule has 1 aliphatic rings. The van der Waals surface area contributed by atoms with Crippen LogP contribution in [0.3, 0.4) is 0 Å². The van der Waals surface area contributed by atoms with E-state index in [1.165, 1.54) is 11.1 Å². The first kappa shape index (κ1) is 11.8. The first-order valence-corrected chi connectivity index (χ1v) is 7.95. The summed E-state index contributed by atoms with van der Waals surface area (Å²) < 4.78 is 0. The molecule has 0 aliphatic heterocycles. The summed E-state index contributed by atoms with van der Waals surface area (Å²) in [7, 11) is -0.563. The van der Waals surface area contributed by atoms with Crippen molar-refractivity contribution in [1.82, 2.24) is 0 Å². The zero-order chi connectivity index (χ0) is 9.42. The second kappa shape index (κ2) is 4.53. The van der Waals surface area contributed by atoms with E-state index in [-0.39, 0.29) is 18.9 Å². The van der Waals surface area contributed by atoms with Crippen LogP contribution in [0.1, 0.15) is 22.2 Å². The van der Waals surface area contributed by atoms with Crippen molar-refractivity contribution in [2.24, 2.45) is 0 Å². The van der Waals surface area contributed by atoms with Gasteiger partial charge in [0.25, 0.3) is 0 Å². The maximum Gasteiger partial charge on any atom is 0.0436 e. The number of hydrogen-bond acceptors (Lipinski definition) is 0. The SMILES string of the molecule is Cc1ccc2c(c1)C=CC2[SiH](C)C.[Li]. The van der Waals surface area contributed by atoms with E-state index >= 15 is 0 Å². The molecule has 1 radical (unpaired) electrons. The third kappa shape index (κ3) is 2.06. The van der Waals surface area contributed by atoms with Crippen molar-refractivity contribution in [2.75, 3.05) is 0 Å². The van der Waals surface area contributed by atoms with E-state index in [0.717, 1.165) is 5.54 Å². The molecular weight excluding hydrogens is 179 g/mol. The Bertz CT molecular complexity index is 355. The fourth-order valence-corrected chi connectivity index (χ4v) is 3.61. The minimum atomic E-state index is -0.563. The molecule has 69 valence electrons. The van der Waals surface area contributed by atoms with Gasteiger partial charge in [-0.1, -0.05) is 49.0 Å². The van der Waals surface area contributed by atoms with E-state index in [9.17, 15) is 0 Å². The van der Waals surface area contributed by atoms with Gasteiger partial charge in [-0.05, 0) is 23.6 Å². The molecular formula is C12H16LiSi. The largest absolute Gasteiger partial charge is 0.0795 e. The van der Waals surface area contributed by atoms with E-state index in [0.29, 0.717) is 0 Å². The second-order valence-electron chi connectivity index (χ2n) is 4.26. The topological polar surface area (TPSA) is 0 Å². The van der Waals surface area contributed by atoms with Crippen LogP contribution in [0.2, 0.25) is 13.1 Å². The molecule has 1 atom stereocenters. The van der Waals surface area contributed by atoms with Crippen LogP contribution in [0, 0.1) is 6.92 Å². The number of rotatable bonds is 1. The van der Waals surface area contributed by atoms with Gasteiger partial charge in [-0.25, -0.2) is 0 Å². The number of allylic oxidation sites excluding steroid dienone is 1. The van der Waals surface area contributed by atoms with Crippen molar-refractivity contribution in [3.05, 3.63) is 41.0 Å². The quantitative estimate of drug-likeness (QED) is 0.604. The Morgan fingerprint density at radius 1 is 1.21 bits per heavy atom. The van der Waals surface area contributed by atoms with E-state index in [2.05, 4.69) is 50.4 Å². The molecule has 1 aliphatic carbocycles. The van der Waals surface area contributed by atoms with Crippen LogP contribution in [0.4, 0.5) is 0 Å². The molecule has 1 unspecified atom stereocenters. The summed E-state index contributed by atoms with van der Waals surface area (Å²) in [5.41, 5.74) is 5.16. The average Bonchev–Trinajstić information content (AvgIpc) is 2.46. The van der Waals surface area contributed by atoms with Gasteiger partial charge in [0.15, 0.2) is 0 Å². The molecule has 0 aromatic heterocycles. The number of hydrogen-bond donors (Lipinski definition) is 0. The summed E-state index contributed by atoms with van der Waals surface area (Å²) in [5, 5.41) is 0. The Labute approximate surface area is 100 Å². The van der Waals surface area contributed by atoms with Crippen molar-refractivity contribution >= 4 is 33.7 Å². The molecule has 2 heteroatoms. The normalized spacial score (nSPS) is 18.1. The fourth-order valence-electron chi connectivity index (χ4n) is 2.03. The first-order valence-electron chi connectivity index (χ1n) is 4.97. The van der Waals surface area contributed by atoms with E-state index in [1.54, 1.807) is 5.56 Å². The molecule has 14 heavy (non-hydrogen) atoms. The Morgan fingerprint density at radius 3 is 2.57 bits per heavy atom. The maximum atomic E-state index is 2.42. The molecule has 0 N–H and O–H groups in total. The van der Waals surface area contributed by atoms with Crippen LogP contribution >= 0.6 is 0 Å². The van der Waals surface area contributed by atoms with Gasteiger partial charge in [0.1, 0.15) is 0 Å². The second-order valence-corrected chi connectivity index (χ2v) is 7.47. The van der Waals surface area contributed by atoms with Crippen molar-refractivity contribution in [2.45, 2.75) is 25.6 Å². The van der Waals surface area contributed by atoms with Crippen molar-refractivity contribution < 1.29 is 0 Å². The number of aryl methyl sites for hydroxylation is 1. The van der Waals surface area contributed by atoms with E-state index in [4.69, 9.17) is 0 Å². The minimum Gasteiger partial charge on any atom is -0.0795 e. The van der Waals surface area contributed by atoms with Gasteiger partial charge in [0, 0.05) is 27.7 Å². The molecule has 2 rings (SSSR count). The minimum absolute atomic E-state index is 0. The Balaban J connectivity index is 0.000000980. The van der Waals surface area contributed by atoms with Crippen LogP contribution in [0.5, 0.6) is 0 Å². The van der Waals surface area contributed by atoms with E-state index < -0.39 is 8.80 Å². The molecule has 0 saturated carbocycles. The molecule has 1 aromatic carbocycles. The molecule has 0 nitrogen and oxygen atoms in total. The van der Waals surface area contributed by atoms with Gasteiger partial charge < -0.3 is 0 Å². The van der Waals surface area contributed by atoms with Gasteiger partial charge in [-0.15, -0.1) is 0 Å². The standard InChI is InChI=1S/C12H16Si.Li/c1-9-4-6-11-10(8-9)5-7-12(11)13(2)3;/h4-8,12-13H,1-3H3;. The summed E-state index contributed by atoms with van der Waals surface area (Å²) in [6.07, 6.45) is 4.68. The summed E-state index contributed by atoms with van der Waals surface area (Å²) in [6, 6.07) is 6.83. The van der Waals surface area contributed by atoms with Gasteiger partial charge in [-0.3, -0.25) is 0 Å². The summed E-state index contributed by atoms with van der Waals surface area (Å²) >= 11 is 0. The summed E-state index contributed by atoms with van der Waals surface area (Å²) in [5.74, 6) is 0. The van der Waals surface area contributed by atoms with Crippen LogP contribution in [0.15, 0.2) is 24.3 Å². The van der Waals surface area contributed by atoms with Crippen molar-refractivity contribution in [1.29, 1.82) is 0 Å². The van der Waals surface area contributed by atoms with Crippen LogP contribution in [0.25, 0.3) is 6.08 Å². The monoisotopic (exact) mass is 195 g/mol. The van der Waals surface area contributed by atoms with Gasteiger partial charge in [-0.2, -0.15) is 0 Å². The predicted molar refractivity (Wildman–Crippen MR) is 67.6 cm³/mol. The Kier molecular flexibility index (Phi) is 3.83. The van der Waals surface area contributed by atoms with Crippen LogP contribution < -0.4 is 0 Å². The van der Waals surface area contributed by atoms with E-state index in [1.807, 2.05) is 0 Å². The van der Waals surface area contributed by atoms with Gasteiger partial charge in [0.05, 0.1) is 0 Å². The van der Waals surface area contributed by atoms with Crippen molar-refractivity contribution in [3.8, 4) is 0 Å². The molecule has 0 spiro atoms. The molecule has 0 fully saturated rings. The maximum absolute atomic E-state index is 2.42. The number of benzene rings is 1. The van der Waals surface area contributed by atoms with Gasteiger partial charge >= 0.3 is 0 Å². The fraction of sp³-hybridized carbons (Fsp3) is 0.333. The average molecular weight is 195 g/mol. The predicted octanol–water partition coefficient (Wildman–Crippen LogP) is 2.75. The Morgan fingerprint density at radius 2 is 1.93 bits per heavy atom. The molecule has 0 heterocycles. The van der Waals surface area contributed by atoms with Gasteiger partial charge in [0.2, 0.25) is 0 Å². The summed E-state index contributed by atoms with van der Waals surface area (Å²) in [6.45, 7) is 7.00. The first-order chi connectivity index (χ1) is 6.18. The zero-order valence-corrected chi connectivity index (χ0v) is 10.7. The summed E-state index contributed by atoms with van der Waals surface area (Å²) in [4.78, 5) is 0. The number of fused-ring (bicyclic) bond motifs is 1. The van der Waals surface area contributed by atoms with Crippen molar-refractivity contribution in [3.63, 3.8) is 0 Å². The molecule has 0 amide bonds. The van der Waals surface area contributed by atoms with Crippen LogP contribution in [-0.4, -0.2) is 27.7 Å².